The maximum atomic E-state index is 12.9. The fourth-order valence-corrected chi connectivity index (χ4v) is 6.67. The quantitative estimate of drug-likeness (QED) is 0.655. The Bertz CT molecular complexity index is 536. The number of aliphatic hydroxyl groups is 1. The molecule has 0 aromatic heterocycles. The number of rotatable bonds is 0. The minimum Gasteiger partial charge on any atom is -0.393 e. The van der Waals surface area contributed by atoms with Gasteiger partial charge in [-0.05, 0) is 85.5 Å². The molecule has 4 aliphatic rings. The van der Waals surface area contributed by atoms with Gasteiger partial charge in [-0.15, -0.1) is 0 Å². The van der Waals surface area contributed by atoms with Crippen LogP contribution in [0, 0.1) is 28.6 Å². The lowest BCUT2D eigenvalue weighted by molar-refractivity contribution is -0.0728. The highest BCUT2D eigenvalue weighted by molar-refractivity contribution is 5.34. The van der Waals surface area contributed by atoms with Gasteiger partial charge in [0.1, 0.15) is 0 Å². The zero-order valence-electron chi connectivity index (χ0n) is 13.9. The standard InChI is InChI=1S/C20H29FO/c1-19-9-7-13(12-21)11-14(19)3-4-15-16-5-6-18(22)20(16,2)10-8-17(15)19/h11-12,15-18,22H,3-10H2,1-2H3/b13-12-/t15-,16-,17-,18-,19-,20-/m0/s1. The summed E-state index contributed by atoms with van der Waals surface area (Å²) in [6.07, 6.45) is 11.9. The fourth-order valence-electron chi connectivity index (χ4n) is 6.67. The van der Waals surface area contributed by atoms with Crippen LogP contribution in [0.5, 0.6) is 0 Å². The highest BCUT2D eigenvalue weighted by Crippen LogP contribution is 2.65. The Kier molecular flexibility index (Phi) is 3.35. The van der Waals surface area contributed by atoms with Gasteiger partial charge in [0.15, 0.2) is 0 Å². The van der Waals surface area contributed by atoms with Crippen LogP contribution in [0.2, 0.25) is 0 Å². The van der Waals surface area contributed by atoms with Crippen LogP contribution in [-0.2, 0) is 0 Å². The lowest BCUT2D eigenvalue weighted by Crippen LogP contribution is -2.50. The molecule has 3 fully saturated rings. The predicted molar refractivity (Wildman–Crippen MR) is 86.9 cm³/mol. The summed E-state index contributed by atoms with van der Waals surface area (Å²) < 4.78 is 12.9. The highest BCUT2D eigenvalue weighted by Gasteiger charge is 2.58. The molecule has 1 nitrogen and oxygen atoms in total. The molecule has 0 aliphatic heterocycles. The number of halogens is 1. The first-order valence-electron chi connectivity index (χ1n) is 9.17. The van der Waals surface area contributed by atoms with Crippen LogP contribution >= 0.6 is 0 Å². The molecule has 0 unspecified atom stereocenters. The second kappa shape index (κ2) is 4.93. The Morgan fingerprint density at radius 3 is 2.68 bits per heavy atom. The molecule has 3 saturated carbocycles. The first-order valence-corrected chi connectivity index (χ1v) is 9.17. The maximum Gasteiger partial charge on any atom is 0.0898 e. The summed E-state index contributed by atoms with van der Waals surface area (Å²) in [5.41, 5.74) is 2.84. The van der Waals surface area contributed by atoms with Crippen LogP contribution in [0.25, 0.3) is 0 Å². The zero-order valence-corrected chi connectivity index (χ0v) is 13.9. The van der Waals surface area contributed by atoms with E-state index >= 15 is 0 Å². The van der Waals surface area contributed by atoms with Crippen LogP contribution < -0.4 is 0 Å². The van der Waals surface area contributed by atoms with Gasteiger partial charge in [-0.2, -0.15) is 0 Å². The molecule has 4 aliphatic carbocycles. The highest BCUT2D eigenvalue weighted by atomic mass is 19.1. The number of aliphatic hydroxyl groups excluding tert-OH is 1. The third kappa shape index (κ3) is 1.85. The minimum atomic E-state index is -0.0874. The second-order valence-electron chi connectivity index (χ2n) is 8.82. The molecule has 0 amide bonds. The van der Waals surface area contributed by atoms with Crippen molar-refractivity contribution in [3.63, 3.8) is 0 Å². The van der Waals surface area contributed by atoms with Crippen molar-refractivity contribution in [1.82, 2.24) is 0 Å². The van der Waals surface area contributed by atoms with Crippen LogP contribution in [-0.4, -0.2) is 11.2 Å². The van der Waals surface area contributed by atoms with Crippen molar-refractivity contribution in [3.8, 4) is 0 Å². The fraction of sp³-hybridized carbons (Fsp3) is 0.800. The van der Waals surface area contributed by atoms with Crippen LogP contribution in [0.4, 0.5) is 4.39 Å². The van der Waals surface area contributed by atoms with Crippen LogP contribution in [0.3, 0.4) is 0 Å². The number of hydrogen-bond donors (Lipinski definition) is 1. The molecule has 22 heavy (non-hydrogen) atoms. The van der Waals surface area contributed by atoms with Gasteiger partial charge in [0.25, 0.3) is 0 Å². The van der Waals surface area contributed by atoms with Crippen LogP contribution in [0.1, 0.15) is 65.2 Å². The van der Waals surface area contributed by atoms with Gasteiger partial charge < -0.3 is 5.11 Å². The number of fused-ring (bicyclic) bond motifs is 5. The molecule has 2 heteroatoms. The lowest BCUT2D eigenvalue weighted by Gasteiger charge is -2.58. The third-order valence-corrected chi connectivity index (χ3v) is 8.12. The molecule has 0 spiro atoms. The molecule has 6 atom stereocenters. The first kappa shape index (κ1) is 14.9. The molecule has 0 saturated heterocycles. The van der Waals surface area contributed by atoms with Crippen molar-refractivity contribution in [2.45, 2.75) is 71.3 Å². The van der Waals surface area contributed by atoms with Gasteiger partial charge in [-0.3, -0.25) is 0 Å². The molecule has 0 bridgehead atoms. The second-order valence-corrected chi connectivity index (χ2v) is 8.82. The summed E-state index contributed by atoms with van der Waals surface area (Å²) >= 11 is 0. The third-order valence-electron chi connectivity index (χ3n) is 8.12. The largest absolute Gasteiger partial charge is 0.393 e. The Balaban J connectivity index is 1.68. The number of allylic oxidation sites excluding steroid dienone is 3. The van der Waals surface area contributed by atoms with E-state index in [2.05, 4.69) is 19.9 Å². The van der Waals surface area contributed by atoms with Gasteiger partial charge in [-0.25, -0.2) is 4.39 Å². The van der Waals surface area contributed by atoms with E-state index in [0.29, 0.717) is 5.92 Å². The van der Waals surface area contributed by atoms with Gasteiger partial charge in [-0.1, -0.05) is 25.5 Å². The van der Waals surface area contributed by atoms with Crippen molar-refractivity contribution in [1.29, 1.82) is 0 Å². The summed E-state index contributed by atoms with van der Waals surface area (Å²) in [5.74, 6) is 2.23. The number of hydrogen-bond acceptors (Lipinski definition) is 1. The normalized spacial score (nSPS) is 52.7. The van der Waals surface area contributed by atoms with Crippen molar-refractivity contribution in [3.05, 3.63) is 23.6 Å². The monoisotopic (exact) mass is 304 g/mol. The average molecular weight is 304 g/mol. The Morgan fingerprint density at radius 1 is 1.09 bits per heavy atom. The molecule has 0 heterocycles. The van der Waals surface area contributed by atoms with E-state index < -0.39 is 0 Å². The molecule has 0 radical (unpaired) electrons. The summed E-state index contributed by atoms with van der Waals surface area (Å²) in [6, 6.07) is 0. The van der Waals surface area contributed by atoms with Crippen molar-refractivity contribution in [2.24, 2.45) is 28.6 Å². The van der Waals surface area contributed by atoms with E-state index in [0.717, 1.165) is 49.4 Å². The zero-order chi connectivity index (χ0) is 15.5. The van der Waals surface area contributed by atoms with E-state index in [1.54, 1.807) is 0 Å². The molecular weight excluding hydrogens is 275 g/mol. The molecular formula is C20H29FO. The summed E-state index contributed by atoms with van der Waals surface area (Å²) in [5, 5.41) is 10.5. The molecule has 0 aromatic rings. The lowest BCUT2D eigenvalue weighted by atomic mass is 9.47. The van der Waals surface area contributed by atoms with Gasteiger partial charge in [0.05, 0.1) is 12.4 Å². The topological polar surface area (TPSA) is 20.2 Å². The van der Waals surface area contributed by atoms with Gasteiger partial charge in [0.2, 0.25) is 0 Å². The predicted octanol–water partition coefficient (Wildman–Crippen LogP) is 5.16. The van der Waals surface area contributed by atoms with Crippen molar-refractivity contribution in [2.75, 3.05) is 0 Å². The minimum absolute atomic E-state index is 0.0874. The van der Waals surface area contributed by atoms with E-state index in [-0.39, 0.29) is 16.9 Å². The van der Waals surface area contributed by atoms with Crippen LogP contribution in [0.15, 0.2) is 23.6 Å². The maximum absolute atomic E-state index is 12.9. The molecule has 4 rings (SSSR count). The van der Waals surface area contributed by atoms with Gasteiger partial charge in [0, 0.05) is 0 Å². The summed E-state index contributed by atoms with van der Waals surface area (Å²) in [6.45, 7) is 4.78. The smallest absolute Gasteiger partial charge is 0.0898 e. The summed E-state index contributed by atoms with van der Waals surface area (Å²) in [4.78, 5) is 0. The van der Waals surface area contributed by atoms with Crippen molar-refractivity contribution < 1.29 is 9.50 Å². The molecule has 1 N–H and O–H groups in total. The summed E-state index contributed by atoms with van der Waals surface area (Å²) in [7, 11) is 0. The van der Waals surface area contributed by atoms with E-state index in [1.807, 2.05) is 0 Å². The average Bonchev–Trinajstić information content (AvgIpc) is 2.82. The first-order chi connectivity index (χ1) is 10.5. The SMILES string of the molecule is C[C@]12CC[C@H]3[C@@H](CCC4=C/C(=C\F)CC[C@@]43C)[C@@H]1CC[C@@H]2O. The Labute approximate surface area is 133 Å². The van der Waals surface area contributed by atoms with E-state index in [9.17, 15) is 9.50 Å². The Hall–Kier alpha value is -0.630. The van der Waals surface area contributed by atoms with E-state index in [1.165, 1.54) is 31.3 Å². The molecule has 122 valence electrons. The molecule has 0 aromatic carbocycles. The van der Waals surface area contributed by atoms with E-state index in [4.69, 9.17) is 0 Å². The Morgan fingerprint density at radius 2 is 1.91 bits per heavy atom. The van der Waals surface area contributed by atoms with Crippen molar-refractivity contribution >= 4 is 0 Å². The van der Waals surface area contributed by atoms with Gasteiger partial charge >= 0.3 is 0 Å².